The summed E-state index contributed by atoms with van der Waals surface area (Å²) in [6.45, 7) is 1.82. The van der Waals surface area contributed by atoms with Gasteiger partial charge in [-0.1, -0.05) is 39.7 Å². The molecule has 0 aliphatic rings. The topological polar surface area (TPSA) is 52.4 Å². The number of aryl methyl sites for hydroxylation is 1. The highest BCUT2D eigenvalue weighted by Gasteiger charge is 2.14. The van der Waals surface area contributed by atoms with Gasteiger partial charge in [0.2, 0.25) is 0 Å². The number of non-ortho nitro benzene ring substituents is 1. The van der Waals surface area contributed by atoms with Gasteiger partial charge in [0, 0.05) is 17.0 Å². The van der Waals surface area contributed by atoms with Gasteiger partial charge in [-0.15, -0.1) is 0 Å². The molecule has 0 aliphatic heterocycles. The van der Waals surface area contributed by atoms with E-state index in [0.717, 1.165) is 11.1 Å². The Hall–Kier alpha value is -1.59. The van der Waals surface area contributed by atoms with Crippen molar-refractivity contribution < 1.29 is 9.66 Å². The third-order valence-corrected chi connectivity index (χ3v) is 3.69. The maximum Gasteiger partial charge on any atom is 0.273 e. The Morgan fingerprint density at radius 2 is 2.10 bits per heavy atom. The minimum Gasteiger partial charge on any atom is -0.455 e. The predicted octanol–water partition coefficient (Wildman–Crippen LogP) is 5.24. The van der Waals surface area contributed by atoms with Gasteiger partial charge >= 0.3 is 0 Å². The first-order chi connectivity index (χ1) is 9.52. The molecule has 2 aromatic rings. The Kier molecular flexibility index (Phi) is 4.62. The van der Waals surface area contributed by atoms with Crippen molar-refractivity contribution in [2.45, 2.75) is 12.3 Å². The van der Waals surface area contributed by atoms with Crippen LogP contribution in [-0.4, -0.2) is 4.92 Å². The van der Waals surface area contributed by atoms with E-state index in [0.29, 0.717) is 21.9 Å². The Morgan fingerprint density at radius 3 is 2.75 bits per heavy atom. The molecule has 0 N–H and O–H groups in total. The van der Waals surface area contributed by atoms with Crippen molar-refractivity contribution in [3.05, 3.63) is 62.7 Å². The summed E-state index contributed by atoms with van der Waals surface area (Å²) in [5.74, 6) is 0.934. The zero-order chi connectivity index (χ0) is 14.7. The minimum atomic E-state index is -0.454. The molecule has 0 amide bonds. The van der Waals surface area contributed by atoms with Gasteiger partial charge in [-0.05, 0) is 24.6 Å². The Balaban J connectivity index is 2.44. The zero-order valence-electron chi connectivity index (χ0n) is 10.6. The van der Waals surface area contributed by atoms with Gasteiger partial charge in [0.05, 0.1) is 16.0 Å². The van der Waals surface area contributed by atoms with Crippen LogP contribution in [0.1, 0.15) is 11.1 Å². The molecule has 0 spiro atoms. The van der Waals surface area contributed by atoms with Crippen LogP contribution in [0.3, 0.4) is 0 Å². The number of ether oxygens (including phenoxy) is 1. The van der Waals surface area contributed by atoms with Gasteiger partial charge in [0.15, 0.2) is 0 Å². The summed E-state index contributed by atoms with van der Waals surface area (Å²) in [6.07, 6.45) is 0. The maximum atomic E-state index is 10.8. The van der Waals surface area contributed by atoms with Gasteiger partial charge < -0.3 is 4.74 Å². The van der Waals surface area contributed by atoms with Gasteiger partial charge in [-0.3, -0.25) is 10.1 Å². The van der Waals surface area contributed by atoms with E-state index in [9.17, 15) is 10.1 Å². The smallest absolute Gasteiger partial charge is 0.273 e. The van der Waals surface area contributed by atoms with Crippen molar-refractivity contribution in [2.24, 2.45) is 0 Å². The molecule has 0 radical (unpaired) electrons. The predicted molar refractivity (Wildman–Crippen MR) is 82.0 cm³/mol. The summed E-state index contributed by atoms with van der Waals surface area (Å²) in [6, 6.07) is 9.92. The number of nitro groups is 1. The second kappa shape index (κ2) is 6.24. The fraction of sp³-hybridized carbons (Fsp3) is 0.143. The fourth-order valence-electron chi connectivity index (χ4n) is 1.70. The van der Waals surface area contributed by atoms with Gasteiger partial charge in [-0.25, -0.2) is 0 Å². The van der Waals surface area contributed by atoms with Crippen molar-refractivity contribution in [3.63, 3.8) is 0 Å². The van der Waals surface area contributed by atoms with Crippen LogP contribution in [0.25, 0.3) is 0 Å². The standard InChI is InChI=1S/C14H11BrClNO3/c1-9-5-6-11(17(18)19)7-13(9)20-14-10(8-15)3-2-4-12(14)16/h2-7H,8H2,1H3. The highest BCUT2D eigenvalue weighted by molar-refractivity contribution is 9.08. The maximum absolute atomic E-state index is 10.8. The van der Waals surface area contributed by atoms with E-state index < -0.39 is 4.92 Å². The van der Waals surface area contributed by atoms with Crippen LogP contribution in [0, 0.1) is 17.0 Å². The highest BCUT2D eigenvalue weighted by Crippen LogP contribution is 2.36. The molecule has 0 atom stereocenters. The minimum absolute atomic E-state index is 0.0157. The average molecular weight is 357 g/mol. The van der Waals surface area contributed by atoms with Crippen molar-refractivity contribution in [2.75, 3.05) is 0 Å². The lowest BCUT2D eigenvalue weighted by Crippen LogP contribution is -1.95. The fourth-order valence-corrected chi connectivity index (χ4v) is 2.37. The number of hydrogen-bond acceptors (Lipinski definition) is 3. The number of para-hydroxylation sites is 1. The SMILES string of the molecule is Cc1ccc([N+](=O)[O-])cc1Oc1c(Cl)cccc1CBr. The molecule has 0 unspecified atom stereocenters. The Bertz CT molecular complexity index is 661. The first-order valence-electron chi connectivity index (χ1n) is 5.79. The van der Waals surface area contributed by atoms with E-state index in [1.54, 1.807) is 12.1 Å². The lowest BCUT2D eigenvalue weighted by atomic mass is 10.2. The monoisotopic (exact) mass is 355 g/mol. The lowest BCUT2D eigenvalue weighted by molar-refractivity contribution is -0.384. The van der Waals surface area contributed by atoms with E-state index >= 15 is 0 Å². The molecule has 2 aromatic carbocycles. The third-order valence-electron chi connectivity index (χ3n) is 2.79. The molecule has 0 heterocycles. The number of halogens is 2. The van der Waals surface area contributed by atoms with Crippen molar-refractivity contribution in [1.82, 2.24) is 0 Å². The Morgan fingerprint density at radius 1 is 1.35 bits per heavy atom. The van der Waals surface area contributed by atoms with Crippen LogP contribution in [-0.2, 0) is 5.33 Å². The third kappa shape index (κ3) is 3.11. The summed E-state index contributed by atoms with van der Waals surface area (Å²) in [7, 11) is 0. The van der Waals surface area contributed by atoms with Gasteiger partial charge in [0.25, 0.3) is 5.69 Å². The molecular formula is C14H11BrClNO3. The van der Waals surface area contributed by atoms with Crippen LogP contribution in [0.4, 0.5) is 5.69 Å². The van der Waals surface area contributed by atoms with Crippen LogP contribution >= 0.6 is 27.5 Å². The van der Waals surface area contributed by atoms with Crippen LogP contribution in [0.2, 0.25) is 5.02 Å². The van der Waals surface area contributed by atoms with Crippen molar-refractivity contribution in [1.29, 1.82) is 0 Å². The summed E-state index contributed by atoms with van der Waals surface area (Å²) < 4.78 is 5.79. The summed E-state index contributed by atoms with van der Waals surface area (Å²) in [5.41, 5.74) is 1.66. The average Bonchev–Trinajstić information content (AvgIpc) is 2.42. The first-order valence-corrected chi connectivity index (χ1v) is 7.29. The molecule has 0 aliphatic carbocycles. The number of benzene rings is 2. The number of rotatable bonds is 4. The zero-order valence-corrected chi connectivity index (χ0v) is 12.9. The molecule has 104 valence electrons. The van der Waals surface area contributed by atoms with E-state index in [4.69, 9.17) is 16.3 Å². The lowest BCUT2D eigenvalue weighted by Gasteiger charge is -2.13. The van der Waals surface area contributed by atoms with Gasteiger partial charge in [-0.2, -0.15) is 0 Å². The molecule has 0 bridgehead atoms. The summed E-state index contributed by atoms with van der Waals surface area (Å²) >= 11 is 9.50. The number of nitro benzene ring substituents is 1. The molecule has 0 fully saturated rings. The van der Waals surface area contributed by atoms with Crippen LogP contribution < -0.4 is 4.74 Å². The first kappa shape index (κ1) is 14.8. The Labute approximate surface area is 129 Å². The molecule has 0 saturated carbocycles. The van der Waals surface area contributed by atoms with E-state index in [1.807, 2.05) is 19.1 Å². The highest BCUT2D eigenvalue weighted by atomic mass is 79.9. The quantitative estimate of drug-likeness (QED) is 0.427. The van der Waals surface area contributed by atoms with Crippen LogP contribution in [0.5, 0.6) is 11.5 Å². The summed E-state index contributed by atoms with van der Waals surface area (Å²) in [4.78, 5) is 10.4. The molecule has 2 rings (SSSR count). The molecule has 4 nitrogen and oxygen atoms in total. The van der Waals surface area contributed by atoms with Crippen molar-refractivity contribution in [3.8, 4) is 11.5 Å². The molecule has 6 heteroatoms. The summed E-state index contributed by atoms with van der Waals surface area (Å²) in [5, 5.41) is 11.9. The van der Waals surface area contributed by atoms with Crippen LogP contribution in [0.15, 0.2) is 36.4 Å². The largest absolute Gasteiger partial charge is 0.455 e. The number of hydrogen-bond donors (Lipinski definition) is 0. The van der Waals surface area contributed by atoms with Crippen molar-refractivity contribution >= 4 is 33.2 Å². The molecule has 20 heavy (non-hydrogen) atoms. The van der Waals surface area contributed by atoms with Gasteiger partial charge in [0.1, 0.15) is 11.5 Å². The van der Waals surface area contributed by atoms with E-state index in [1.165, 1.54) is 12.1 Å². The molecular weight excluding hydrogens is 346 g/mol. The second-order valence-electron chi connectivity index (χ2n) is 4.17. The number of nitrogens with zero attached hydrogens (tertiary/aromatic N) is 1. The second-order valence-corrected chi connectivity index (χ2v) is 5.14. The molecule has 0 saturated heterocycles. The number of alkyl halides is 1. The van der Waals surface area contributed by atoms with E-state index in [-0.39, 0.29) is 5.69 Å². The normalized spacial score (nSPS) is 10.3. The van der Waals surface area contributed by atoms with E-state index in [2.05, 4.69) is 15.9 Å². The molecule has 0 aromatic heterocycles.